The van der Waals surface area contributed by atoms with Gasteiger partial charge in [-0.2, -0.15) is 0 Å². The van der Waals surface area contributed by atoms with Crippen LogP contribution in [0.3, 0.4) is 0 Å². The monoisotopic (exact) mass is 408 g/mol. The van der Waals surface area contributed by atoms with Gasteiger partial charge in [-0.3, -0.25) is 4.79 Å². The molecule has 1 fully saturated rings. The van der Waals surface area contributed by atoms with Gasteiger partial charge in [0.1, 0.15) is 0 Å². The molecule has 0 bridgehead atoms. The lowest BCUT2D eigenvalue weighted by Crippen LogP contribution is -2.51. The van der Waals surface area contributed by atoms with Crippen LogP contribution >= 0.6 is 11.3 Å². The van der Waals surface area contributed by atoms with Crippen LogP contribution in [-0.2, 0) is 4.79 Å². The van der Waals surface area contributed by atoms with Gasteiger partial charge < -0.3 is 14.7 Å². The standard InChI is InChI=1S/C23H28N4OS/c1-16-6-5-7-19(14-16)26-10-12-27(13-11-26)20(28)15-25(4)23-24-21-17(2)8-9-18(3)22(21)29-23/h5-9,14H,10-13,15H2,1-4H3. The van der Waals surface area contributed by atoms with Crippen LogP contribution < -0.4 is 9.80 Å². The molecule has 1 aliphatic rings. The normalized spacial score (nSPS) is 14.5. The minimum absolute atomic E-state index is 0.170. The van der Waals surface area contributed by atoms with Crippen molar-refractivity contribution >= 4 is 38.3 Å². The van der Waals surface area contributed by atoms with Crippen LogP contribution in [0, 0.1) is 20.8 Å². The van der Waals surface area contributed by atoms with E-state index in [1.807, 2.05) is 16.8 Å². The number of fused-ring (bicyclic) bond motifs is 1. The summed E-state index contributed by atoms with van der Waals surface area (Å²) in [4.78, 5) is 24.0. The topological polar surface area (TPSA) is 39.7 Å². The second kappa shape index (κ2) is 8.03. The first kappa shape index (κ1) is 19.7. The van der Waals surface area contributed by atoms with Crippen molar-refractivity contribution in [1.82, 2.24) is 9.88 Å². The first-order valence-electron chi connectivity index (χ1n) is 10.1. The van der Waals surface area contributed by atoms with Crippen molar-refractivity contribution in [3.05, 3.63) is 53.1 Å². The van der Waals surface area contributed by atoms with Crippen LogP contribution in [-0.4, -0.2) is 55.6 Å². The highest BCUT2D eigenvalue weighted by Crippen LogP contribution is 2.32. The van der Waals surface area contributed by atoms with Crippen LogP contribution in [0.5, 0.6) is 0 Å². The first-order chi connectivity index (χ1) is 13.9. The molecule has 0 atom stereocenters. The van der Waals surface area contributed by atoms with Crippen molar-refractivity contribution in [1.29, 1.82) is 0 Å². The highest BCUT2D eigenvalue weighted by molar-refractivity contribution is 7.22. The molecule has 1 saturated heterocycles. The molecule has 2 aromatic carbocycles. The minimum Gasteiger partial charge on any atom is -0.368 e. The number of aromatic nitrogens is 1. The van der Waals surface area contributed by atoms with E-state index in [4.69, 9.17) is 4.98 Å². The van der Waals surface area contributed by atoms with E-state index >= 15 is 0 Å². The second-order valence-corrected chi connectivity index (χ2v) is 8.91. The van der Waals surface area contributed by atoms with E-state index in [1.54, 1.807) is 11.3 Å². The number of carbonyl (C=O) groups excluding carboxylic acids is 1. The van der Waals surface area contributed by atoms with E-state index in [1.165, 1.54) is 27.1 Å². The fourth-order valence-electron chi connectivity index (χ4n) is 3.82. The lowest BCUT2D eigenvalue weighted by atomic mass is 10.1. The number of likely N-dealkylation sites (N-methyl/N-ethyl adjacent to an activating group) is 1. The number of amides is 1. The molecular weight excluding hydrogens is 380 g/mol. The molecule has 2 heterocycles. The number of aryl methyl sites for hydroxylation is 3. The van der Waals surface area contributed by atoms with Crippen molar-refractivity contribution in [2.24, 2.45) is 0 Å². The summed E-state index contributed by atoms with van der Waals surface area (Å²) in [7, 11) is 1.96. The summed E-state index contributed by atoms with van der Waals surface area (Å²) in [6.07, 6.45) is 0. The molecule has 0 saturated carbocycles. The Morgan fingerprint density at radius 3 is 2.48 bits per heavy atom. The molecule has 5 nitrogen and oxygen atoms in total. The Morgan fingerprint density at radius 2 is 1.79 bits per heavy atom. The van der Waals surface area contributed by atoms with E-state index in [9.17, 15) is 4.79 Å². The van der Waals surface area contributed by atoms with Gasteiger partial charge >= 0.3 is 0 Å². The molecule has 0 spiro atoms. The maximum Gasteiger partial charge on any atom is 0.242 e. The summed E-state index contributed by atoms with van der Waals surface area (Å²) in [5, 5.41) is 0.907. The van der Waals surface area contributed by atoms with Gasteiger partial charge in [-0.15, -0.1) is 0 Å². The molecule has 0 radical (unpaired) electrons. The third kappa shape index (κ3) is 4.08. The summed E-state index contributed by atoms with van der Waals surface area (Å²) >= 11 is 1.67. The number of hydrogen-bond acceptors (Lipinski definition) is 5. The smallest absolute Gasteiger partial charge is 0.242 e. The maximum atomic E-state index is 12.9. The van der Waals surface area contributed by atoms with Crippen LogP contribution in [0.1, 0.15) is 16.7 Å². The Kier molecular flexibility index (Phi) is 5.46. The SMILES string of the molecule is Cc1cccc(N2CCN(C(=O)CN(C)c3nc4c(C)ccc(C)c4s3)CC2)c1. The van der Waals surface area contributed by atoms with Gasteiger partial charge in [-0.25, -0.2) is 4.98 Å². The minimum atomic E-state index is 0.170. The first-order valence-corrected chi connectivity index (χ1v) is 10.9. The van der Waals surface area contributed by atoms with E-state index in [-0.39, 0.29) is 5.91 Å². The number of rotatable bonds is 4. The molecule has 0 unspecified atom stereocenters. The van der Waals surface area contributed by atoms with Crippen LogP contribution in [0.15, 0.2) is 36.4 Å². The Labute approximate surface area is 176 Å². The average Bonchev–Trinajstić information content (AvgIpc) is 3.18. The van der Waals surface area contributed by atoms with Crippen molar-refractivity contribution in [2.45, 2.75) is 20.8 Å². The van der Waals surface area contributed by atoms with Gasteiger partial charge in [0.25, 0.3) is 0 Å². The third-order valence-electron chi connectivity index (χ3n) is 5.63. The van der Waals surface area contributed by atoms with E-state index in [2.05, 4.69) is 62.1 Å². The highest BCUT2D eigenvalue weighted by atomic mass is 32.1. The zero-order valence-corrected chi connectivity index (χ0v) is 18.4. The average molecular weight is 409 g/mol. The number of benzene rings is 2. The van der Waals surface area contributed by atoms with Gasteiger partial charge in [0, 0.05) is 38.9 Å². The second-order valence-electron chi connectivity index (χ2n) is 7.94. The predicted octanol–water partition coefficient (Wildman–Crippen LogP) is 4.01. The number of thiazole rings is 1. The van der Waals surface area contributed by atoms with Gasteiger partial charge in [0.15, 0.2) is 5.13 Å². The van der Waals surface area contributed by atoms with Crippen molar-refractivity contribution in [2.75, 3.05) is 49.6 Å². The summed E-state index contributed by atoms with van der Waals surface area (Å²) in [6.45, 7) is 9.95. The summed E-state index contributed by atoms with van der Waals surface area (Å²) in [5.74, 6) is 0.170. The number of anilines is 2. The zero-order valence-electron chi connectivity index (χ0n) is 17.6. The Balaban J connectivity index is 1.38. The van der Waals surface area contributed by atoms with Crippen LogP contribution in [0.25, 0.3) is 10.2 Å². The molecule has 0 aliphatic carbocycles. The molecule has 29 heavy (non-hydrogen) atoms. The van der Waals surface area contributed by atoms with E-state index in [0.717, 1.165) is 36.8 Å². The molecule has 6 heteroatoms. The highest BCUT2D eigenvalue weighted by Gasteiger charge is 2.23. The number of piperazine rings is 1. The van der Waals surface area contributed by atoms with Crippen molar-refractivity contribution in [3.63, 3.8) is 0 Å². The Morgan fingerprint density at radius 1 is 1.07 bits per heavy atom. The van der Waals surface area contributed by atoms with Crippen LogP contribution in [0.4, 0.5) is 10.8 Å². The fraction of sp³-hybridized carbons (Fsp3) is 0.391. The fourth-order valence-corrected chi connectivity index (χ4v) is 4.89. The third-order valence-corrected chi connectivity index (χ3v) is 6.93. The molecule has 3 aromatic rings. The van der Waals surface area contributed by atoms with E-state index in [0.29, 0.717) is 6.54 Å². The largest absolute Gasteiger partial charge is 0.368 e. The number of carbonyl (C=O) groups is 1. The van der Waals surface area contributed by atoms with Crippen molar-refractivity contribution < 1.29 is 4.79 Å². The van der Waals surface area contributed by atoms with Gasteiger partial charge in [0.2, 0.25) is 5.91 Å². The Bertz CT molecular complexity index is 998. The molecule has 1 aliphatic heterocycles. The summed E-state index contributed by atoms with van der Waals surface area (Å²) in [6, 6.07) is 12.8. The van der Waals surface area contributed by atoms with Crippen LogP contribution in [0.2, 0.25) is 0 Å². The van der Waals surface area contributed by atoms with Crippen molar-refractivity contribution in [3.8, 4) is 0 Å². The lowest BCUT2D eigenvalue weighted by Gasteiger charge is -2.36. The van der Waals surface area contributed by atoms with E-state index < -0.39 is 0 Å². The quantitative estimate of drug-likeness (QED) is 0.654. The Hall–Kier alpha value is -2.60. The molecule has 1 aromatic heterocycles. The van der Waals surface area contributed by atoms with Gasteiger partial charge in [-0.1, -0.05) is 35.6 Å². The molecule has 152 valence electrons. The lowest BCUT2D eigenvalue weighted by molar-refractivity contribution is -0.129. The molecule has 4 rings (SSSR count). The molecule has 1 amide bonds. The molecular formula is C23H28N4OS. The predicted molar refractivity (Wildman–Crippen MR) is 122 cm³/mol. The number of nitrogens with zero attached hydrogens (tertiary/aromatic N) is 4. The summed E-state index contributed by atoms with van der Waals surface area (Å²) in [5.41, 5.74) is 5.98. The molecule has 0 N–H and O–H groups in total. The summed E-state index contributed by atoms with van der Waals surface area (Å²) < 4.78 is 1.21. The number of hydrogen-bond donors (Lipinski definition) is 0. The maximum absolute atomic E-state index is 12.9. The van der Waals surface area contributed by atoms with Gasteiger partial charge in [-0.05, 0) is 49.6 Å². The van der Waals surface area contributed by atoms with Gasteiger partial charge in [0.05, 0.1) is 16.8 Å². The zero-order chi connectivity index (χ0) is 20.5.